The van der Waals surface area contributed by atoms with E-state index in [1.165, 1.54) is 11.3 Å². The fraction of sp³-hybridized carbons (Fsp3) is 0.294. The molecule has 0 spiro atoms. The highest BCUT2D eigenvalue weighted by Crippen LogP contribution is 2.25. The number of carbonyl (C=O) groups is 2. The molecule has 0 radical (unpaired) electrons. The van der Waals surface area contributed by atoms with Gasteiger partial charge in [-0.25, -0.2) is 0 Å². The van der Waals surface area contributed by atoms with Crippen molar-refractivity contribution < 1.29 is 9.59 Å². The molecule has 1 aliphatic rings. The van der Waals surface area contributed by atoms with Crippen molar-refractivity contribution >= 4 is 39.0 Å². The highest BCUT2D eigenvalue weighted by atomic mass is 79.9. The summed E-state index contributed by atoms with van der Waals surface area (Å²) in [6.45, 7) is 1.30. The molecule has 1 saturated heterocycles. The monoisotopic (exact) mass is 377 g/mol. The van der Waals surface area contributed by atoms with Gasteiger partial charge in [-0.05, 0) is 34.8 Å². The van der Waals surface area contributed by atoms with E-state index in [1.807, 2.05) is 46.7 Å². The van der Waals surface area contributed by atoms with Crippen LogP contribution in [0.25, 0.3) is 0 Å². The predicted molar refractivity (Wildman–Crippen MR) is 91.4 cm³/mol. The first kappa shape index (κ1) is 15.4. The molecule has 22 heavy (non-hydrogen) atoms. The molecule has 0 saturated carbocycles. The lowest BCUT2D eigenvalue weighted by Crippen LogP contribution is -2.40. The van der Waals surface area contributed by atoms with Crippen LogP contribution >= 0.6 is 27.3 Å². The summed E-state index contributed by atoms with van der Waals surface area (Å²) in [4.78, 5) is 26.7. The van der Waals surface area contributed by atoms with E-state index in [0.29, 0.717) is 13.1 Å². The maximum atomic E-state index is 12.4. The average molecular weight is 378 g/mol. The molecule has 2 aromatic rings. The third-order valence-corrected chi connectivity index (χ3v) is 5.53. The first-order valence-electron chi connectivity index (χ1n) is 7.27. The molecule has 0 atom stereocenters. The molecule has 0 bridgehead atoms. The number of ketones is 1. The number of benzene rings is 1. The summed E-state index contributed by atoms with van der Waals surface area (Å²) < 4.78 is 0.963. The third-order valence-electron chi connectivity index (χ3n) is 4.03. The second-order valence-corrected chi connectivity index (χ2v) is 7.73. The number of amides is 1. The number of hydrogen-bond acceptors (Lipinski definition) is 3. The van der Waals surface area contributed by atoms with Crippen molar-refractivity contribution in [1.29, 1.82) is 0 Å². The van der Waals surface area contributed by atoms with Crippen molar-refractivity contribution in [2.75, 3.05) is 13.1 Å². The number of hydrogen-bond donors (Lipinski definition) is 0. The van der Waals surface area contributed by atoms with Crippen molar-refractivity contribution in [1.82, 2.24) is 4.90 Å². The van der Waals surface area contributed by atoms with Gasteiger partial charge in [0.1, 0.15) is 0 Å². The van der Waals surface area contributed by atoms with Gasteiger partial charge in [0.05, 0.1) is 9.35 Å². The molecule has 1 aromatic carbocycles. The smallest absolute Gasteiger partial charge is 0.254 e. The Bertz CT molecular complexity index is 675. The third kappa shape index (κ3) is 3.31. The van der Waals surface area contributed by atoms with Gasteiger partial charge in [-0.15, -0.1) is 11.3 Å². The van der Waals surface area contributed by atoms with E-state index >= 15 is 0 Å². The number of carbonyl (C=O) groups excluding carboxylic acids is 2. The number of Topliss-reactive ketones (excluding diaryl/α,β-unsaturated/α-hetero) is 1. The van der Waals surface area contributed by atoms with Crippen LogP contribution < -0.4 is 0 Å². The van der Waals surface area contributed by atoms with Gasteiger partial charge in [-0.1, -0.05) is 30.3 Å². The Morgan fingerprint density at radius 1 is 1.09 bits per heavy atom. The van der Waals surface area contributed by atoms with Gasteiger partial charge in [0.2, 0.25) is 0 Å². The Morgan fingerprint density at radius 3 is 2.36 bits per heavy atom. The quantitative estimate of drug-likeness (QED) is 0.749. The van der Waals surface area contributed by atoms with Crippen LogP contribution in [0, 0.1) is 5.92 Å². The number of nitrogens with zero attached hydrogens (tertiary/aromatic N) is 1. The Labute approximate surface area is 142 Å². The summed E-state index contributed by atoms with van der Waals surface area (Å²) in [6, 6.07) is 11.3. The van der Waals surface area contributed by atoms with Gasteiger partial charge in [0, 0.05) is 30.0 Å². The molecule has 1 aliphatic heterocycles. The van der Waals surface area contributed by atoms with Crippen LogP contribution in [-0.2, 0) is 0 Å². The van der Waals surface area contributed by atoms with Crippen LogP contribution in [0.15, 0.2) is 45.6 Å². The molecule has 3 rings (SSSR count). The van der Waals surface area contributed by atoms with Crippen LogP contribution in [-0.4, -0.2) is 29.7 Å². The molecule has 2 heterocycles. The lowest BCUT2D eigenvalue weighted by Gasteiger charge is -2.31. The fourth-order valence-corrected chi connectivity index (χ4v) is 3.92. The summed E-state index contributed by atoms with van der Waals surface area (Å²) in [6.07, 6.45) is 1.48. The van der Waals surface area contributed by atoms with E-state index in [0.717, 1.165) is 27.8 Å². The van der Waals surface area contributed by atoms with Gasteiger partial charge in [-0.2, -0.15) is 0 Å². The maximum absolute atomic E-state index is 12.4. The second-order valence-electron chi connectivity index (χ2n) is 5.44. The van der Waals surface area contributed by atoms with Crippen LogP contribution in [0.5, 0.6) is 0 Å². The number of piperidine rings is 1. The predicted octanol–water partition coefficient (Wildman–Crippen LogP) is 4.25. The summed E-state index contributed by atoms with van der Waals surface area (Å²) >= 11 is 4.90. The number of thiophene rings is 1. The first-order valence-corrected chi connectivity index (χ1v) is 8.95. The van der Waals surface area contributed by atoms with Gasteiger partial charge in [0.25, 0.3) is 5.91 Å². The number of halogens is 1. The van der Waals surface area contributed by atoms with Crippen molar-refractivity contribution in [3.63, 3.8) is 0 Å². The number of likely N-dealkylation sites (tertiary alicyclic amines) is 1. The van der Waals surface area contributed by atoms with Crippen molar-refractivity contribution in [2.24, 2.45) is 5.92 Å². The zero-order valence-corrected chi connectivity index (χ0v) is 14.4. The van der Waals surface area contributed by atoms with E-state index in [2.05, 4.69) is 15.9 Å². The zero-order valence-electron chi connectivity index (χ0n) is 12.0. The van der Waals surface area contributed by atoms with Crippen molar-refractivity contribution in [3.8, 4) is 0 Å². The SMILES string of the molecule is O=C(c1ccccc1)C1CCN(C(=O)c2csc(Br)c2)CC1. The zero-order chi connectivity index (χ0) is 15.5. The fourth-order valence-electron chi connectivity index (χ4n) is 2.79. The minimum atomic E-state index is 0.0284. The summed E-state index contributed by atoms with van der Waals surface area (Å²) in [5.41, 5.74) is 1.50. The highest BCUT2D eigenvalue weighted by molar-refractivity contribution is 9.11. The molecule has 1 fully saturated rings. The standard InChI is InChI=1S/C17H16BrNO2S/c18-15-10-14(11-22-15)17(21)19-8-6-13(7-9-19)16(20)12-4-2-1-3-5-12/h1-5,10-11,13H,6-9H2. The largest absolute Gasteiger partial charge is 0.339 e. The molecule has 0 N–H and O–H groups in total. The van der Waals surface area contributed by atoms with E-state index in [4.69, 9.17) is 0 Å². The normalized spacial score (nSPS) is 15.8. The Morgan fingerprint density at radius 2 is 1.77 bits per heavy atom. The van der Waals surface area contributed by atoms with Crippen LogP contribution in [0.2, 0.25) is 0 Å². The molecular weight excluding hydrogens is 362 g/mol. The lowest BCUT2D eigenvalue weighted by atomic mass is 9.89. The number of rotatable bonds is 3. The molecule has 0 aliphatic carbocycles. The summed E-state index contributed by atoms with van der Waals surface area (Å²) in [5, 5.41) is 1.87. The van der Waals surface area contributed by atoms with E-state index in [1.54, 1.807) is 0 Å². The van der Waals surface area contributed by atoms with E-state index in [9.17, 15) is 9.59 Å². The van der Waals surface area contributed by atoms with E-state index in [-0.39, 0.29) is 17.6 Å². The molecule has 3 nitrogen and oxygen atoms in total. The van der Waals surface area contributed by atoms with E-state index < -0.39 is 0 Å². The Hall–Kier alpha value is -1.46. The molecular formula is C17H16BrNO2S. The van der Waals surface area contributed by atoms with Crippen molar-refractivity contribution in [2.45, 2.75) is 12.8 Å². The van der Waals surface area contributed by atoms with Gasteiger partial charge in [-0.3, -0.25) is 9.59 Å². The summed E-state index contributed by atoms with van der Waals surface area (Å²) in [7, 11) is 0. The maximum Gasteiger partial charge on any atom is 0.254 e. The average Bonchev–Trinajstić information content (AvgIpc) is 3.01. The second kappa shape index (κ2) is 6.75. The summed E-state index contributed by atoms with van der Waals surface area (Å²) in [5.74, 6) is 0.291. The highest BCUT2D eigenvalue weighted by Gasteiger charge is 2.28. The minimum Gasteiger partial charge on any atom is -0.339 e. The van der Waals surface area contributed by atoms with Gasteiger partial charge in [0.15, 0.2) is 5.78 Å². The van der Waals surface area contributed by atoms with Crippen molar-refractivity contribution in [3.05, 3.63) is 56.7 Å². The Balaban J connectivity index is 1.61. The van der Waals surface area contributed by atoms with Gasteiger partial charge < -0.3 is 4.90 Å². The lowest BCUT2D eigenvalue weighted by molar-refractivity contribution is 0.0651. The van der Waals surface area contributed by atoms with Crippen LogP contribution in [0.1, 0.15) is 33.6 Å². The van der Waals surface area contributed by atoms with Crippen LogP contribution in [0.4, 0.5) is 0 Å². The molecule has 1 aromatic heterocycles. The molecule has 1 amide bonds. The minimum absolute atomic E-state index is 0.0284. The Kier molecular flexibility index (Phi) is 4.74. The molecule has 114 valence electrons. The van der Waals surface area contributed by atoms with Gasteiger partial charge >= 0.3 is 0 Å². The topological polar surface area (TPSA) is 37.4 Å². The molecule has 0 unspecified atom stereocenters. The molecule has 5 heteroatoms. The first-order chi connectivity index (χ1) is 10.6. The van der Waals surface area contributed by atoms with Crippen LogP contribution in [0.3, 0.4) is 0 Å².